The minimum absolute atomic E-state index is 0.00932. The van der Waals surface area contributed by atoms with E-state index in [4.69, 9.17) is 0 Å². The number of aliphatic hydroxyl groups is 1. The summed E-state index contributed by atoms with van der Waals surface area (Å²) >= 11 is 0. The van der Waals surface area contributed by atoms with Crippen LogP contribution in [0.4, 0.5) is 24.8 Å². The molecule has 204 valence electrons. The Hall–Kier alpha value is -3.38. The topological polar surface area (TPSA) is 109 Å². The Labute approximate surface area is 218 Å². The second kappa shape index (κ2) is 10.8. The normalized spacial score (nSPS) is 17.9. The Morgan fingerprint density at radius 2 is 1.92 bits per heavy atom. The molecule has 1 atom stereocenters. The van der Waals surface area contributed by atoms with Crippen LogP contribution in [0.15, 0.2) is 30.5 Å². The van der Waals surface area contributed by atoms with Gasteiger partial charge in [0.15, 0.2) is 11.6 Å². The van der Waals surface area contributed by atoms with Gasteiger partial charge in [0.1, 0.15) is 5.52 Å². The lowest BCUT2D eigenvalue weighted by molar-refractivity contribution is -0.136. The van der Waals surface area contributed by atoms with Crippen LogP contribution in [-0.4, -0.2) is 80.9 Å². The number of aromatic nitrogens is 3. The lowest BCUT2D eigenvalue weighted by Crippen LogP contribution is -2.41. The van der Waals surface area contributed by atoms with Crippen LogP contribution in [0.5, 0.6) is 0 Å². The molecule has 2 aliphatic heterocycles. The predicted molar refractivity (Wildman–Crippen MR) is 138 cm³/mol. The zero-order chi connectivity index (χ0) is 26.9. The third-order valence-electron chi connectivity index (χ3n) is 7.37. The van der Waals surface area contributed by atoms with E-state index in [1.165, 1.54) is 18.1 Å². The minimum atomic E-state index is -4.63. The molecule has 38 heavy (non-hydrogen) atoms. The van der Waals surface area contributed by atoms with Crippen molar-refractivity contribution in [3.63, 3.8) is 0 Å². The Kier molecular flexibility index (Phi) is 7.44. The highest BCUT2D eigenvalue weighted by Gasteiger charge is 2.36. The summed E-state index contributed by atoms with van der Waals surface area (Å²) in [6, 6.07) is 8.17. The maximum absolute atomic E-state index is 13.9. The molecule has 2 aromatic heterocycles. The van der Waals surface area contributed by atoms with Crippen molar-refractivity contribution in [2.24, 2.45) is 0 Å². The van der Waals surface area contributed by atoms with Crippen LogP contribution in [0.2, 0.25) is 0 Å². The van der Waals surface area contributed by atoms with Crippen molar-refractivity contribution >= 4 is 28.4 Å². The van der Waals surface area contributed by atoms with E-state index in [0.717, 1.165) is 25.7 Å². The standard InChI is InChI=1S/C26H32F3N7O2/c1-16(37)36-10-7-19(8-11-36)32-25-23-22(21(13-31-25)26(27,28)29)24(34-33-23)30-12-20(38)15-35-9-6-17-4-2-3-5-18(17)14-35/h2-5,13,19-20,38H,6-12,14-15H2,1H3,(H,31,32)(H2,30,33,34)/t20-/m1/s1. The quantitative estimate of drug-likeness (QED) is 0.371. The number of anilines is 2. The number of hydrogen-bond donors (Lipinski definition) is 4. The number of β-amino-alcohol motifs (C(OH)–C–C–N with tert-alkyl or cyclic N) is 1. The average Bonchev–Trinajstić information content (AvgIpc) is 3.31. The highest BCUT2D eigenvalue weighted by molar-refractivity contribution is 5.99. The number of alkyl halides is 3. The Morgan fingerprint density at radius 1 is 1.18 bits per heavy atom. The number of nitrogens with zero attached hydrogens (tertiary/aromatic N) is 4. The molecule has 1 amide bonds. The molecule has 0 saturated carbocycles. The summed E-state index contributed by atoms with van der Waals surface area (Å²) in [5, 5.41) is 23.5. The molecule has 3 aromatic rings. The molecule has 5 rings (SSSR count). The summed E-state index contributed by atoms with van der Waals surface area (Å²) in [5.74, 6) is 0.310. The second-order valence-electron chi connectivity index (χ2n) is 10.1. The zero-order valence-electron chi connectivity index (χ0n) is 21.2. The van der Waals surface area contributed by atoms with Crippen LogP contribution in [0, 0.1) is 0 Å². The number of rotatable bonds is 7. The summed E-state index contributed by atoms with van der Waals surface area (Å²) < 4.78 is 41.7. The summed E-state index contributed by atoms with van der Waals surface area (Å²) in [7, 11) is 0. The molecule has 4 heterocycles. The Bertz CT molecular complexity index is 1290. The van der Waals surface area contributed by atoms with Gasteiger partial charge in [-0.15, -0.1) is 0 Å². The van der Waals surface area contributed by atoms with Gasteiger partial charge < -0.3 is 20.6 Å². The number of aromatic amines is 1. The van der Waals surface area contributed by atoms with Gasteiger partial charge in [-0.05, 0) is 30.4 Å². The maximum atomic E-state index is 13.9. The molecule has 1 saturated heterocycles. The van der Waals surface area contributed by atoms with Gasteiger partial charge in [0.2, 0.25) is 5.91 Å². The first kappa shape index (κ1) is 26.2. The smallest absolute Gasteiger partial charge is 0.390 e. The van der Waals surface area contributed by atoms with Gasteiger partial charge in [0, 0.05) is 58.4 Å². The monoisotopic (exact) mass is 531 g/mol. The SMILES string of the molecule is CC(=O)N1CCC(Nc2ncc(C(F)(F)F)c3c(NC[C@@H](O)CN4CCc5ccccc5C4)n[nH]c23)CC1. The first-order valence-corrected chi connectivity index (χ1v) is 12.9. The fraction of sp³-hybridized carbons (Fsp3) is 0.500. The van der Waals surface area contributed by atoms with Crippen molar-refractivity contribution in [1.29, 1.82) is 0 Å². The van der Waals surface area contributed by atoms with Crippen molar-refractivity contribution in [2.45, 2.75) is 51.1 Å². The third-order valence-corrected chi connectivity index (χ3v) is 7.37. The van der Waals surface area contributed by atoms with Crippen LogP contribution in [0.1, 0.15) is 36.5 Å². The molecule has 12 heteroatoms. The molecule has 0 radical (unpaired) electrons. The lowest BCUT2D eigenvalue weighted by Gasteiger charge is -2.32. The van der Waals surface area contributed by atoms with E-state index in [1.807, 2.05) is 12.1 Å². The van der Waals surface area contributed by atoms with Crippen LogP contribution in [0.3, 0.4) is 0 Å². The summed E-state index contributed by atoms with van der Waals surface area (Å²) in [6.07, 6.45) is -2.39. The van der Waals surface area contributed by atoms with E-state index in [9.17, 15) is 23.1 Å². The number of benzene rings is 1. The predicted octanol–water partition coefficient (Wildman–Crippen LogP) is 3.23. The van der Waals surface area contributed by atoms with Crippen molar-refractivity contribution < 1.29 is 23.1 Å². The van der Waals surface area contributed by atoms with Crippen LogP contribution in [0.25, 0.3) is 10.9 Å². The average molecular weight is 532 g/mol. The van der Waals surface area contributed by atoms with Gasteiger partial charge in [-0.25, -0.2) is 4.98 Å². The van der Waals surface area contributed by atoms with Gasteiger partial charge in [-0.2, -0.15) is 18.3 Å². The number of likely N-dealkylation sites (tertiary alicyclic amines) is 1. The van der Waals surface area contributed by atoms with E-state index in [-0.39, 0.29) is 41.0 Å². The van der Waals surface area contributed by atoms with Gasteiger partial charge in [-0.3, -0.25) is 14.8 Å². The summed E-state index contributed by atoms with van der Waals surface area (Å²) in [4.78, 5) is 19.5. The van der Waals surface area contributed by atoms with E-state index >= 15 is 0 Å². The fourth-order valence-electron chi connectivity index (χ4n) is 5.31. The van der Waals surface area contributed by atoms with Crippen LogP contribution in [-0.2, 0) is 23.9 Å². The van der Waals surface area contributed by atoms with Gasteiger partial charge in [-0.1, -0.05) is 24.3 Å². The number of carbonyl (C=O) groups is 1. The highest BCUT2D eigenvalue weighted by Crippen LogP contribution is 2.39. The molecular formula is C26H32F3N7O2. The fourth-order valence-corrected chi connectivity index (χ4v) is 5.31. The number of H-pyrrole nitrogens is 1. The molecule has 0 spiro atoms. The number of aliphatic hydroxyl groups excluding tert-OH is 1. The lowest BCUT2D eigenvalue weighted by atomic mass is 10.00. The molecule has 0 unspecified atom stereocenters. The number of piperidine rings is 1. The molecule has 1 aromatic carbocycles. The van der Waals surface area contributed by atoms with Crippen molar-refractivity contribution in [3.05, 3.63) is 47.2 Å². The van der Waals surface area contributed by atoms with E-state index in [1.54, 1.807) is 4.90 Å². The van der Waals surface area contributed by atoms with Crippen LogP contribution >= 0.6 is 0 Å². The van der Waals surface area contributed by atoms with Crippen molar-refractivity contribution in [1.82, 2.24) is 25.0 Å². The van der Waals surface area contributed by atoms with Gasteiger partial charge in [0.05, 0.1) is 17.1 Å². The Morgan fingerprint density at radius 3 is 2.63 bits per heavy atom. The second-order valence-corrected chi connectivity index (χ2v) is 10.1. The first-order chi connectivity index (χ1) is 18.2. The Balaban J connectivity index is 1.28. The molecule has 9 nitrogen and oxygen atoms in total. The maximum Gasteiger partial charge on any atom is 0.418 e. The number of carbonyl (C=O) groups excluding carboxylic acids is 1. The molecule has 0 aliphatic carbocycles. The van der Waals surface area contributed by atoms with Crippen molar-refractivity contribution in [3.8, 4) is 0 Å². The number of fused-ring (bicyclic) bond motifs is 2. The van der Waals surface area contributed by atoms with Gasteiger partial charge in [0.25, 0.3) is 0 Å². The number of amides is 1. The molecule has 0 bridgehead atoms. The largest absolute Gasteiger partial charge is 0.418 e. The number of pyridine rings is 1. The number of nitrogens with one attached hydrogen (secondary N) is 3. The van der Waals surface area contributed by atoms with Crippen molar-refractivity contribution in [2.75, 3.05) is 43.4 Å². The molecule has 1 fully saturated rings. The summed E-state index contributed by atoms with van der Waals surface area (Å²) in [6.45, 7) is 4.65. The first-order valence-electron chi connectivity index (χ1n) is 12.9. The third kappa shape index (κ3) is 5.70. The zero-order valence-corrected chi connectivity index (χ0v) is 21.2. The minimum Gasteiger partial charge on any atom is -0.390 e. The van der Waals surface area contributed by atoms with E-state index in [0.29, 0.717) is 32.5 Å². The summed E-state index contributed by atoms with van der Waals surface area (Å²) in [5.41, 5.74) is 1.79. The highest BCUT2D eigenvalue weighted by atomic mass is 19.4. The van der Waals surface area contributed by atoms with Gasteiger partial charge >= 0.3 is 6.18 Å². The van der Waals surface area contributed by atoms with E-state index < -0.39 is 17.8 Å². The number of halogens is 3. The molecular weight excluding hydrogens is 499 g/mol. The van der Waals surface area contributed by atoms with E-state index in [2.05, 4.69) is 42.8 Å². The number of hydrogen-bond acceptors (Lipinski definition) is 7. The molecule has 2 aliphatic rings. The van der Waals surface area contributed by atoms with Crippen LogP contribution < -0.4 is 10.6 Å². The molecule has 4 N–H and O–H groups in total.